The van der Waals surface area contributed by atoms with Crippen LogP contribution in [-0.4, -0.2) is 56.4 Å². The molecule has 0 bridgehead atoms. The third-order valence-electron chi connectivity index (χ3n) is 2.90. The van der Waals surface area contributed by atoms with Gasteiger partial charge in [-0.3, -0.25) is 9.59 Å². The fourth-order valence-electron chi connectivity index (χ4n) is 1.85. The van der Waals surface area contributed by atoms with E-state index in [0.717, 1.165) is 0 Å². The molecule has 1 aromatic carbocycles. The van der Waals surface area contributed by atoms with Crippen LogP contribution in [0.15, 0.2) is 24.3 Å². The van der Waals surface area contributed by atoms with Crippen molar-refractivity contribution in [2.24, 2.45) is 0 Å². The molecule has 0 aromatic heterocycles. The van der Waals surface area contributed by atoms with Gasteiger partial charge in [0.1, 0.15) is 12.1 Å². The van der Waals surface area contributed by atoms with Gasteiger partial charge in [-0.05, 0) is 18.2 Å². The van der Waals surface area contributed by atoms with Crippen molar-refractivity contribution in [1.29, 1.82) is 0 Å². The highest BCUT2D eigenvalue weighted by Gasteiger charge is 2.22. The molecule has 0 saturated carbocycles. The Morgan fingerprint density at radius 1 is 0.792 bits per heavy atom. The molecule has 0 aliphatic heterocycles. The average molecular weight is 340 g/mol. The molecule has 2 atom stereocenters. The Morgan fingerprint density at radius 2 is 1.17 bits per heavy atom. The maximum absolute atomic E-state index is 11.0. The Balaban J connectivity index is 2.88. The van der Waals surface area contributed by atoms with Crippen LogP contribution in [0.3, 0.4) is 0 Å². The Bertz CT molecular complexity index is 594. The molecule has 6 N–H and O–H groups in total. The molecule has 10 nitrogen and oxygen atoms in total. The standard InChI is InChI=1S/C14H16N2O8/c17-11(18)5-9(13(21)22)15-7-2-1-3-8(4-7)16-10(14(23)24)6-12(19)20/h1-4,9-10,15-16H,5-6H2,(H,17,18)(H,19,20)(H,21,22)(H,23,24). The van der Waals surface area contributed by atoms with Crippen molar-refractivity contribution >= 4 is 35.3 Å². The summed E-state index contributed by atoms with van der Waals surface area (Å²) in [5.74, 6) is -5.30. The number of benzene rings is 1. The second kappa shape index (κ2) is 8.36. The van der Waals surface area contributed by atoms with Crippen molar-refractivity contribution in [2.45, 2.75) is 24.9 Å². The fraction of sp³-hybridized carbons (Fsp3) is 0.286. The third kappa shape index (κ3) is 6.22. The zero-order chi connectivity index (χ0) is 18.3. The van der Waals surface area contributed by atoms with Gasteiger partial charge >= 0.3 is 23.9 Å². The van der Waals surface area contributed by atoms with Crippen LogP contribution in [0.1, 0.15) is 12.8 Å². The lowest BCUT2D eigenvalue weighted by Gasteiger charge is -2.17. The van der Waals surface area contributed by atoms with E-state index >= 15 is 0 Å². The Hall–Kier alpha value is -3.30. The molecule has 0 radical (unpaired) electrons. The number of anilines is 2. The highest BCUT2D eigenvalue weighted by molar-refractivity contribution is 5.85. The first kappa shape index (κ1) is 18.7. The van der Waals surface area contributed by atoms with E-state index in [0.29, 0.717) is 0 Å². The average Bonchev–Trinajstić information content (AvgIpc) is 2.45. The molecule has 10 heteroatoms. The van der Waals surface area contributed by atoms with Crippen molar-refractivity contribution in [1.82, 2.24) is 0 Å². The molecule has 0 heterocycles. The van der Waals surface area contributed by atoms with E-state index in [1.165, 1.54) is 24.3 Å². The van der Waals surface area contributed by atoms with Crippen LogP contribution in [0, 0.1) is 0 Å². The number of carboxylic acids is 4. The molecule has 24 heavy (non-hydrogen) atoms. The molecular formula is C14H16N2O8. The van der Waals surface area contributed by atoms with Crippen LogP contribution < -0.4 is 10.6 Å². The summed E-state index contributed by atoms with van der Waals surface area (Å²) in [5.41, 5.74) is 0.487. The minimum atomic E-state index is -1.37. The predicted molar refractivity (Wildman–Crippen MR) is 81.0 cm³/mol. The summed E-state index contributed by atoms with van der Waals surface area (Å²) < 4.78 is 0. The molecule has 0 saturated heterocycles. The first-order chi connectivity index (χ1) is 11.2. The van der Waals surface area contributed by atoms with Gasteiger partial charge in [-0.2, -0.15) is 0 Å². The molecule has 0 spiro atoms. The van der Waals surface area contributed by atoms with Gasteiger partial charge in [-0.1, -0.05) is 6.07 Å². The third-order valence-corrected chi connectivity index (χ3v) is 2.90. The zero-order valence-electron chi connectivity index (χ0n) is 12.3. The maximum Gasteiger partial charge on any atom is 0.326 e. The highest BCUT2D eigenvalue weighted by Crippen LogP contribution is 2.18. The zero-order valence-corrected chi connectivity index (χ0v) is 12.3. The Labute approximate surface area is 135 Å². The summed E-state index contributed by atoms with van der Waals surface area (Å²) in [6, 6.07) is 3.03. The van der Waals surface area contributed by atoms with Crippen LogP contribution in [0.4, 0.5) is 11.4 Å². The number of hydrogen-bond acceptors (Lipinski definition) is 6. The molecule has 0 fully saturated rings. The number of nitrogens with one attached hydrogen (secondary N) is 2. The molecular weight excluding hydrogens is 324 g/mol. The minimum Gasteiger partial charge on any atom is -0.481 e. The summed E-state index contributed by atoms with van der Waals surface area (Å²) in [6.07, 6.45) is -1.30. The van der Waals surface area contributed by atoms with E-state index in [9.17, 15) is 19.2 Å². The lowest BCUT2D eigenvalue weighted by atomic mass is 10.1. The fourth-order valence-corrected chi connectivity index (χ4v) is 1.85. The number of aliphatic carboxylic acids is 4. The van der Waals surface area contributed by atoms with Gasteiger partial charge in [-0.25, -0.2) is 9.59 Å². The van der Waals surface area contributed by atoms with Gasteiger partial charge < -0.3 is 31.1 Å². The molecule has 0 aliphatic rings. The van der Waals surface area contributed by atoms with Gasteiger partial charge in [0.05, 0.1) is 12.8 Å². The van der Waals surface area contributed by atoms with Crippen molar-refractivity contribution in [3.05, 3.63) is 24.3 Å². The van der Waals surface area contributed by atoms with Crippen LogP contribution in [0.5, 0.6) is 0 Å². The first-order valence-corrected chi connectivity index (χ1v) is 6.71. The van der Waals surface area contributed by atoms with E-state index in [2.05, 4.69) is 10.6 Å². The van der Waals surface area contributed by atoms with Crippen LogP contribution in [-0.2, 0) is 19.2 Å². The van der Waals surface area contributed by atoms with E-state index in [4.69, 9.17) is 20.4 Å². The second-order valence-corrected chi connectivity index (χ2v) is 4.85. The topological polar surface area (TPSA) is 173 Å². The van der Waals surface area contributed by atoms with Gasteiger partial charge in [0.25, 0.3) is 0 Å². The smallest absolute Gasteiger partial charge is 0.326 e. The summed E-state index contributed by atoms with van der Waals surface area (Å²) >= 11 is 0. The first-order valence-electron chi connectivity index (χ1n) is 6.71. The number of carboxylic acid groups (broad SMARTS) is 4. The molecule has 0 aliphatic carbocycles. The lowest BCUT2D eigenvalue weighted by molar-refractivity contribution is -0.144. The van der Waals surface area contributed by atoms with E-state index in [1.807, 2.05) is 0 Å². The highest BCUT2D eigenvalue weighted by atomic mass is 16.4. The monoisotopic (exact) mass is 340 g/mol. The minimum absolute atomic E-state index is 0.244. The summed E-state index contributed by atoms with van der Waals surface area (Å²) in [4.78, 5) is 43.4. The van der Waals surface area contributed by atoms with Crippen molar-refractivity contribution in [2.75, 3.05) is 10.6 Å². The van der Waals surface area contributed by atoms with Crippen molar-refractivity contribution in [3.8, 4) is 0 Å². The van der Waals surface area contributed by atoms with E-state index < -0.39 is 48.8 Å². The number of carbonyl (C=O) groups is 4. The van der Waals surface area contributed by atoms with Crippen LogP contribution in [0.25, 0.3) is 0 Å². The second-order valence-electron chi connectivity index (χ2n) is 4.85. The SMILES string of the molecule is O=C(O)CC(Nc1cccc(NC(CC(=O)O)C(=O)O)c1)C(=O)O. The van der Waals surface area contributed by atoms with Crippen molar-refractivity contribution < 1.29 is 39.6 Å². The summed E-state index contributed by atoms with van der Waals surface area (Å²) in [7, 11) is 0. The normalized spacial score (nSPS) is 12.7. The molecule has 0 amide bonds. The predicted octanol–water partition coefficient (Wildman–Crippen LogP) is 0.366. The largest absolute Gasteiger partial charge is 0.481 e. The molecule has 1 aromatic rings. The Morgan fingerprint density at radius 3 is 1.46 bits per heavy atom. The van der Waals surface area contributed by atoms with Gasteiger partial charge in [0.15, 0.2) is 0 Å². The van der Waals surface area contributed by atoms with Crippen LogP contribution in [0.2, 0.25) is 0 Å². The summed E-state index contributed by atoms with van der Waals surface area (Å²) in [5, 5.41) is 40.4. The lowest BCUT2D eigenvalue weighted by Crippen LogP contribution is -2.32. The van der Waals surface area contributed by atoms with E-state index in [-0.39, 0.29) is 11.4 Å². The summed E-state index contributed by atoms with van der Waals surface area (Å²) in [6.45, 7) is 0. The van der Waals surface area contributed by atoms with Gasteiger partial charge in [0, 0.05) is 11.4 Å². The molecule has 1 rings (SSSR count). The van der Waals surface area contributed by atoms with Gasteiger partial charge in [0.2, 0.25) is 0 Å². The van der Waals surface area contributed by atoms with E-state index in [1.54, 1.807) is 0 Å². The molecule has 130 valence electrons. The Kier molecular flexibility index (Phi) is 6.53. The van der Waals surface area contributed by atoms with Crippen molar-refractivity contribution in [3.63, 3.8) is 0 Å². The van der Waals surface area contributed by atoms with Gasteiger partial charge in [-0.15, -0.1) is 0 Å². The molecule has 2 unspecified atom stereocenters. The number of hydrogen-bond donors (Lipinski definition) is 6. The number of rotatable bonds is 10. The quantitative estimate of drug-likeness (QED) is 0.349. The van der Waals surface area contributed by atoms with Crippen LogP contribution >= 0.6 is 0 Å². The maximum atomic E-state index is 11.0.